The van der Waals surface area contributed by atoms with E-state index in [1.165, 1.54) is 12.8 Å². The number of carbonyl (C=O) groups is 1. The van der Waals surface area contributed by atoms with Gasteiger partial charge in [0.2, 0.25) is 0 Å². The van der Waals surface area contributed by atoms with Gasteiger partial charge in [0.25, 0.3) is 0 Å². The number of rotatable bonds is 3. The quantitative estimate of drug-likeness (QED) is 0.637. The predicted octanol–water partition coefficient (Wildman–Crippen LogP) is 1.25. The van der Waals surface area contributed by atoms with Gasteiger partial charge in [0.1, 0.15) is 12.3 Å². The number of aliphatic carboxylic acids is 1. The Morgan fingerprint density at radius 3 is 2.64 bits per heavy atom. The Labute approximate surface area is 82.6 Å². The summed E-state index contributed by atoms with van der Waals surface area (Å²) >= 11 is 0. The molecule has 0 saturated heterocycles. The molecule has 0 bridgehead atoms. The minimum atomic E-state index is -0.885. The van der Waals surface area contributed by atoms with Crippen LogP contribution in [0.4, 0.5) is 0 Å². The zero-order chi connectivity index (χ0) is 10.1. The Hall–Kier alpha value is -1.19. The van der Waals surface area contributed by atoms with Gasteiger partial charge in [-0.15, -0.1) is 0 Å². The number of nitrogens with one attached hydrogen (secondary N) is 1. The SMILES string of the molecule is O=C(O)CNC1=C(O)C2CCCCC12. The highest BCUT2D eigenvalue weighted by Gasteiger charge is 2.41. The normalized spacial score (nSPS) is 30.6. The van der Waals surface area contributed by atoms with Gasteiger partial charge >= 0.3 is 5.97 Å². The zero-order valence-electron chi connectivity index (χ0n) is 7.99. The van der Waals surface area contributed by atoms with Gasteiger partial charge in [-0.05, 0) is 12.8 Å². The van der Waals surface area contributed by atoms with Gasteiger partial charge in [-0.1, -0.05) is 12.8 Å². The second-order valence-electron chi connectivity index (χ2n) is 4.04. The largest absolute Gasteiger partial charge is 0.510 e. The molecule has 2 atom stereocenters. The van der Waals surface area contributed by atoms with Gasteiger partial charge in [0, 0.05) is 11.8 Å². The van der Waals surface area contributed by atoms with Crippen molar-refractivity contribution in [2.75, 3.05) is 6.54 Å². The van der Waals surface area contributed by atoms with Crippen molar-refractivity contribution in [3.8, 4) is 0 Å². The van der Waals surface area contributed by atoms with Crippen LogP contribution < -0.4 is 5.32 Å². The highest BCUT2D eigenvalue weighted by Crippen LogP contribution is 2.46. The topological polar surface area (TPSA) is 69.6 Å². The Bertz CT molecular complexity index is 285. The lowest BCUT2D eigenvalue weighted by Gasteiger charge is -2.42. The van der Waals surface area contributed by atoms with Gasteiger partial charge in [0.15, 0.2) is 0 Å². The van der Waals surface area contributed by atoms with E-state index in [0.29, 0.717) is 17.6 Å². The summed E-state index contributed by atoms with van der Waals surface area (Å²) in [5.74, 6) is 0.212. The van der Waals surface area contributed by atoms with Crippen molar-refractivity contribution in [3.63, 3.8) is 0 Å². The molecule has 14 heavy (non-hydrogen) atoms. The maximum Gasteiger partial charge on any atom is 0.322 e. The highest BCUT2D eigenvalue weighted by atomic mass is 16.4. The van der Waals surface area contributed by atoms with E-state index in [9.17, 15) is 9.90 Å². The maximum atomic E-state index is 10.3. The standard InChI is InChI=1S/C10H15NO3/c12-8(13)5-11-9-6-3-1-2-4-7(6)10(9)14/h6-7,11,14H,1-5H2,(H,12,13). The van der Waals surface area contributed by atoms with Crippen LogP contribution in [0.2, 0.25) is 0 Å². The molecule has 2 unspecified atom stereocenters. The second kappa shape index (κ2) is 3.52. The Balaban J connectivity index is 1.97. The molecule has 1 fully saturated rings. The fourth-order valence-electron chi connectivity index (χ4n) is 2.49. The molecule has 0 spiro atoms. The molecular formula is C10H15NO3. The first-order valence-electron chi connectivity index (χ1n) is 5.09. The van der Waals surface area contributed by atoms with Crippen molar-refractivity contribution < 1.29 is 15.0 Å². The molecule has 2 aliphatic carbocycles. The van der Waals surface area contributed by atoms with Crippen LogP contribution in [-0.4, -0.2) is 22.7 Å². The highest BCUT2D eigenvalue weighted by molar-refractivity contribution is 5.69. The maximum absolute atomic E-state index is 10.3. The average molecular weight is 197 g/mol. The summed E-state index contributed by atoms with van der Waals surface area (Å²) in [4.78, 5) is 10.3. The van der Waals surface area contributed by atoms with Crippen LogP contribution in [0.1, 0.15) is 25.7 Å². The minimum Gasteiger partial charge on any atom is -0.510 e. The molecule has 4 nitrogen and oxygen atoms in total. The Morgan fingerprint density at radius 1 is 1.36 bits per heavy atom. The Kier molecular flexibility index (Phi) is 2.35. The molecule has 0 heterocycles. The molecule has 1 saturated carbocycles. The van der Waals surface area contributed by atoms with E-state index in [0.717, 1.165) is 18.5 Å². The van der Waals surface area contributed by atoms with Crippen molar-refractivity contribution in [2.45, 2.75) is 25.7 Å². The first-order chi connectivity index (χ1) is 6.70. The van der Waals surface area contributed by atoms with Gasteiger partial charge in [-0.2, -0.15) is 0 Å². The van der Waals surface area contributed by atoms with Crippen LogP contribution >= 0.6 is 0 Å². The van der Waals surface area contributed by atoms with E-state index in [4.69, 9.17) is 5.11 Å². The van der Waals surface area contributed by atoms with E-state index in [-0.39, 0.29) is 6.54 Å². The lowest BCUT2D eigenvalue weighted by atomic mass is 9.68. The molecule has 2 aliphatic rings. The molecule has 2 rings (SSSR count). The van der Waals surface area contributed by atoms with Crippen molar-refractivity contribution >= 4 is 5.97 Å². The number of aliphatic hydroxyl groups is 1. The number of carboxylic acid groups (broad SMARTS) is 1. The third-order valence-corrected chi connectivity index (χ3v) is 3.19. The van der Waals surface area contributed by atoms with Crippen LogP contribution in [0, 0.1) is 11.8 Å². The summed E-state index contributed by atoms with van der Waals surface area (Å²) in [6.07, 6.45) is 4.50. The summed E-state index contributed by atoms with van der Waals surface area (Å²) in [7, 11) is 0. The molecule has 0 amide bonds. The third-order valence-electron chi connectivity index (χ3n) is 3.19. The summed E-state index contributed by atoms with van der Waals surface area (Å²) in [6.45, 7) is -0.0946. The van der Waals surface area contributed by atoms with Gasteiger partial charge in [0.05, 0.1) is 5.70 Å². The van der Waals surface area contributed by atoms with E-state index in [1.807, 2.05) is 0 Å². The van der Waals surface area contributed by atoms with Gasteiger partial charge in [-0.25, -0.2) is 0 Å². The fourth-order valence-corrected chi connectivity index (χ4v) is 2.49. The summed E-state index contributed by atoms with van der Waals surface area (Å²) in [5, 5.41) is 20.9. The first-order valence-corrected chi connectivity index (χ1v) is 5.09. The van der Waals surface area contributed by atoms with Crippen molar-refractivity contribution in [3.05, 3.63) is 11.5 Å². The number of carboxylic acids is 1. The van der Waals surface area contributed by atoms with Crippen LogP contribution in [0.5, 0.6) is 0 Å². The second-order valence-corrected chi connectivity index (χ2v) is 4.04. The van der Waals surface area contributed by atoms with E-state index in [1.54, 1.807) is 0 Å². The molecular weight excluding hydrogens is 182 g/mol. The molecule has 0 aromatic heterocycles. The van der Waals surface area contributed by atoms with Crippen molar-refractivity contribution in [2.24, 2.45) is 11.8 Å². The molecule has 0 aliphatic heterocycles. The van der Waals surface area contributed by atoms with Gasteiger partial charge in [-0.3, -0.25) is 4.79 Å². The van der Waals surface area contributed by atoms with E-state index in [2.05, 4.69) is 5.32 Å². The third kappa shape index (κ3) is 1.45. The van der Waals surface area contributed by atoms with Crippen LogP contribution in [-0.2, 0) is 4.79 Å². The van der Waals surface area contributed by atoms with Crippen molar-refractivity contribution in [1.82, 2.24) is 5.32 Å². The monoisotopic (exact) mass is 197 g/mol. The average Bonchev–Trinajstić information content (AvgIpc) is 2.17. The smallest absolute Gasteiger partial charge is 0.322 e. The predicted molar refractivity (Wildman–Crippen MR) is 50.7 cm³/mol. The molecule has 3 N–H and O–H groups in total. The number of aliphatic hydroxyl groups excluding tert-OH is 1. The van der Waals surface area contributed by atoms with Crippen LogP contribution in [0.3, 0.4) is 0 Å². The number of hydrogen-bond donors (Lipinski definition) is 3. The summed E-state index contributed by atoms with van der Waals surface area (Å²) in [5.41, 5.74) is 0.775. The van der Waals surface area contributed by atoms with E-state index < -0.39 is 5.97 Å². The summed E-state index contributed by atoms with van der Waals surface area (Å²) in [6, 6.07) is 0. The lowest BCUT2D eigenvalue weighted by molar-refractivity contribution is -0.135. The lowest BCUT2D eigenvalue weighted by Crippen LogP contribution is -2.41. The van der Waals surface area contributed by atoms with Crippen LogP contribution in [0.25, 0.3) is 0 Å². The number of fused-ring (bicyclic) bond motifs is 1. The molecule has 0 radical (unpaired) electrons. The molecule has 0 aromatic carbocycles. The number of allylic oxidation sites excluding steroid dienone is 2. The fraction of sp³-hybridized carbons (Fsp3) is 0.700. The minimum absolute atomic E-state index is 0.0946. The summed E-state index contributed by atoms with van der Waals surface area (Å²) < 4.78 is 0. The Morgan fingerprint density at radius 2 is 2.00 bits per heavy atom. The number of hydrogen-bond acceptors (Lipinski definition) is 3. The van der Waals surface area contributed by atoms with Crippen LogP contribution in [0.15, 0.2) is 11.5 Å². The van der Waals surface area contributed by atoms with E-state index >= 15 is 0 Å². The molecule has 4 heteroatoms. The van der Waals surface area contributed by atoms with Gasteiger partial charge < -0.3 is 15.5 Å². The molecule has 0 aromatic rings. The molecule has 78 valence electrons. The van der Waals surface area contributed by atoms with Crippen molar-refractivity contribution in [1.29, 1.82) is 0 Å². The first kappa shape index (κ1) is 9.37. The zero-order valence-corrected chi connectivity index (χ0v) is 7.99.